The molecule has 0 radical (unpaired) electrons. The van der Waals surface area contributed by atoms with Crippen LogP contribution in [0.5, 0.6) is 0 Å². The lowest BCUT2D eigenvalue weighted by atomic mass is 9.58. The van der Waals surface area contributed by atoms with Crippen LogP contribution in [-0.4, -0.2) is 12.1 Å². The lowest BCUT2D eigenvalue weighted by Crippen LogP contribution is -2.59. The summed E-state index contributed by atoms with van der Waals surface area (Å²) in [6.07, 6.45) is 8.53. The zero-order valence-electron chi connectivity index (χ0n) is 12.6. The molecular formula is C19H27N. The van der Waals surface area contributed by atoms with E-state index in [-0.39, 0.29) is 0 Å². The first kappa shape index (κ1) is 13.9. The van der Waals surface area contributed by atoms with Crippen LogP contribution < -0.4 is 5.32 Å². The molecule has 1 saturated heterocycles. The Morgan fingerprint density at radius 3 is 2.85 bits per heavy atom. The van der Waals surface area contributed by atoms with Gasteiger partial charge in [-0.1, -0.05) is 49.8 Å². The van der Waals surface area contributed by atoms with Crippen molar-refractivity contribution in [3.05, 3.63) is 48.6 Å². The van der Waals surface area contributed by atoms with Crippen LogP contribution in [0, 0.1) is 11.8 Å². The third-order valence-electron chi connectivity index (χ3n) is 5.74. The fourth-order valence-electron chi connectivity index (χ4n) is 4.77. The Bertz CT molecular complexity index is 452. The topological polar surface area (TPSA) is 12.0 Å². The minimum Gasteiger partial charge on any atom is -0.311 e. The van der Waals surface area contributed by atoms with Gasteiger partial charge in [-0.05, 0) is 55.5 Å². The molecule has 2 fully saturated rings. The van der Waals surface area contributed by atoms with Crippen LogP contribution in [0.1, 0.15) is 50.5 Å². The van der Waals surface area contributed by atoms with Crippen molar-refractivity contribution in [3.63, 3.8) is 0 Å². The Morgan fingerprint density at radius 2 is 2.15 bits per heavy atom. The number of hydrogen-bond donors (Lipinski definition) is 1. The van der Waals surface area contributed by atoms with Crippen molar-refractivity contribution in [1.82, 2.24) is 5.32 Å². The van der Waals surface area contributed by atoms with Crippen LogP contribution in [0.15, 0.2) is 43.0 Å². The van der Waals surface area contributed by atoms with Crippen molar-refractivity contribution in [2.75, 3.05) is 6.54 Å². The molecule has 4 unspecified atom stereocenters. The summed E-state index contributed by atoms with van der Waals surface area (Å²) in [6.45, 7) is 7.54. The van der Waals surface area contributed by atoms with Gasteiger partial charge in [0, 0.05) is 5.54 Å². The Balaban J connectivity index is 1.89. The first-order valence-electron chi connectivity index (χ1n) is 8.20. The highest BCUT2D eigenvalue weighted by molar-refractivity contribution is 5.24. The molecule has 1 heterocycles. The van der Waals surface area contributed by atoms with Crippen LogP contribution in [0.2, 0.25) is 0 Å². The number of nitrogens with one attached hydrogen (secondary N) is 1. The SMILES string of the molecule is C=CCC12CC(CCN1)C(c1ccccc1)CC2CC. The summed E-state index contributed by atoms with van der Waals surface area (Å²) >= 11 is 0. The second-order valence-corrected chi connectivity index (χ2v) is 6.69. The zero-order chi connectivity index (χ0) is 14.0. The second-order valence-electron chi connectivity index (χ2n) is 6.69. The van der Waals surface area contributed by atoms with Crippen molar-refractivity contribution in [2.45, 2.75) is 50.5 Å². The van der Waals surface area contributed by atoms with Crippen molar-refractivity contribution in [3.8, 4) is 0 Å². The van der Waals surface area contributed by atoms with Gasteiger partial charge in [0.25, 0.3) is 0 Å². The predicted octanol–water partition coefficient (Wildman–Crippen LogP) is 4.51. The highest BCUT2D eigenvalue weighted by atomic mass is 15.0. The first-order chi connectivity index (χ1) is 9.79. The highest BCUT2D eigenvalue weighted by Crippen LogP contribution is 2.51. The lowest BCUT2D eigenvalue weighted by molar-refractivity contribution is 0.0475. The van der Waals surface area contributed by atoms with Gasteiger partial charge < -0.3 is 5.32 Å². The highest BCUT2D eigenvalue weighted by Gasteiger charge is 2.48. The van der Waals surface area contributed by atoms with Crippen LogP contribution in [0.3, 0.4) is 0 Å². The van der Waals surface area contributed by atoms with E-state index in [0.29, 0.717) is 5.54 Å². The van der Waals surface area contributed by atoms with E-state index in [1.54, 1.807) is 5.56 Å². The van der Waals surface area contributed by atoms with E-state index >= 15 is 0 Å². The minimum atomic E-state index is 0.338. The summed E-state index contributed by atoms with van der Waals surface area (Å²) in [4.78, 5) is 0. The van der Waals surface area contributed by atoms with Gasteiger partial charge in [-0.25, -0.2) is 0 Å². The maximum absolute atomic E-state index is 4.00. The van der Waals surface area contributed by atoms with Crippen molar-refractivity contribution in [2.24, 2.45) is 11.8 Å². The summed E-state index contributed by atoms with van der Waals surface area (Å²) < 4.78 is 0. The normalized spacial score (nSPS) is 36.5. The monoisotopic (exact) mass is 269 g/mol. The van der Waals surface area contributed by atoms with Gasteiger partial charge in [0.2, 0.25) is 0 Å². The number of rotatable bonds is 4. The van der Waals surface area contributed by atoms with Crippen LogP contribution in [0.25, 0.3) is 0 Å². The Morgan fingerprint density at radius 1 is 1.35 bits per heavy atom. The molecule has 1 aromatic carbocycles. The number of hydrogen-bond acceptors (Lipinski definition) is 1. The molecular weight excluding hydrogens is 242 g/mol. The summed E-state index contributed by atoms with van der Waals surface area (Å²) in [6, 6.07) is 11.2. The molecule has 4 atom stereocenters. The van der Waals surface area contributed by atoms with Crippen LogP contribution >= 0.6 is 0 Å². The molecule has 0 spiro atoms. The average Bonchev–Trinajstić information content (AvgIpc) is 2.49. The standard InChI is InChI=1S/C19H27N/c1-3-11-19-14-16(10-12-20-19)18(13-17(19)4-2)15-8-6-5-7-9-15/h3,5-9,16-18,20H,1,4,10-14H2,2H3. The fraction of sp³-hybridized carbons (Fsp3) is 0.579. The van der Waals surface area contributed by atoms with Crippen LogP contribution in [0.4, 0.5) is 0 Å². The Hall–Kier alpha value is -1.08. The van der Waals surface area contributed by atoms with Gasteiger partial charge in [-0.3, -0.25) is 0 Å². The zero-order valence-corrected chi connectivity index (χ0v) is 12.6. The maximum Gasteiger partial charge on any atom is 0.0246 e. The number of piperidine rings is 1. The maximum atomic E-state index is 4.00. The molecule has 1 nitrogen and oxygen atoms in total. The van der Waals surface area contributed by atoms with Gasteiger partial charge >= 0.3 is 0 Å². The average molecular weight is 269 g/mol. The van der Waals surface area contributed by atoms with E-state index in [9.17, 15) is 0 Å². The summed E-state index contributed by atoms with van der Waals surface area (Å²) in [5.41, 5.74) is 1.90. The molecule has 1 aliphatic heterocycles. The molecule has 20 heavy (non-hydrogen) atoms. The van der Waals surface area contributed by atoms with E-state index in [2.05, 4.69) is 55.2 Å². The van der Waals surface area contributed by atoms with E-state index < -0.39 is 0 Å². The minimum absolute atomic E-state index is 0.338. The van der Waals surface area contributed by atoms with E-state index in [4.69, 9.17) is 0 Å². The summed E-state index contributed by atoms with van der Waals surface area (Å²) in [7, 11) is 0. The third kappa shape index (κ3) is 2.33. The largest absolute Gasteiger partial charge is 0.311 e. The number of fused-ring (bicyclic) bond motifs is 2. The van der Waals surface area contributed by atoms with Gasteiger partial charge in [0.05, 0.1) is 0 Å². The summed E-state index contributed by atoms with van der Waals surface area (Å²) in [5.74, 6) is 2.39. The molecule has 108 valence electrons. The van der Waals surface area contributed by atoms with Gasteiger partial charge in [-0.15, -0.1) is 6.58 Å². The predicted molar refractivity (Wildman–Crippen MR) is 85.9 cm³/mol. The molecule has 3 rings (SSSR count). The Kier molecular flexibility index (Phi) is 3.98. The molecule has 1 N–H and O–H groups in total. The summed E-state index contributed by atoms with van der Waals surface area (Å²) in [5, 5.41) is 3.87. The van der Waals surface area contributed by atoms with Crippen LogP contribution in [-0.2, 0) is 0 Å². The molecule has 0 amide bonds. The number of benzene rings is 1. The molecule has 1 aromatic rings. The van der Waals surface area contributed by atoms with Crippen molar-refractivity contribution >= 4 is 0 Å². The van der Waals surface area contributed by atoms with Gasteiger partial charge in [0.1, 0.15) is 0 Å². The molecule has 1 saturated carbocycles. The molecule has 2 bridgehead atoms. The smallest absolute Gasteiger partial charge is 0.0246 e. The lowest BCUT2D eigenvalue weighted by Gasteiger charge is -2.54. The second kappa shape index (κ2) is 5.73. The molecule has 1 heteroatoms. The van der Waals surface area contributed by atoms with Crippen molar-refractivity contribution in [1.29, 1.82) is 0 Å². The quantitative estimate of drug-likeness (QED) is 0.793. The molecule has 0 aromatic heterocycles. The van der Waals surface area contributed by atoms with Gasteiger partial charge in [-0.2, -0.15) is 0 Å². The van der Waals surface area contributed by atoms with E-state index in [0.717, 1.165) is 24.2 Å². The van der Waals surface area contributed by atoms with Gasteiger partial charge in [0.15, 0.2) is 0 Å². The molecule has 1 aliphatic carbocycles. The van der Waals surface area contributed by atoms with E-state index in [1.165, 1.54) is 32.2 Å². The third-order valence-corrected chi connectivity index (χ3v) is 5.74. The first-order valence-corrected chi connectivity index (χ1v) is 8.20. The fourth-order valence-corrected chi connectivity index (χ4v) is 4.77. The Labute approximate surface area is 123 Å². The van der Waals surface area contributed by atoms with E-state index in [1.807, 2.05) is 0 Å². The molecule has 2 aliphatic rings. The van der Waals surface area contributed by atoms with Crippen molar-refractivity contribution < 1.29 is 0 Å².